The molecule has 130 valence electrons. The Balaban J connectivity index is 2.04. The highest BCUT2D eigenvalue weighted by Gasteiger charge is 2.37. The molecule has 1 aliphatic heterocycles. The van der Waals surface area contributed by atoms with Gasteiger partial charge in [-0.2, -0.15) is 0 Å². The highest BCUT2D eigenvalue weighted by molar-refractivity contribution is 6.35. The minimum absolute atomic E-state index is 0.0226. The van der Waals surface area contributed by atoms with Crippen LogP contribution in [0.25, 0.3) is 0 Å². The standard InChI is InChI=1S/C15H16Cl2N2O5/c1-15(24,14(22)23)7-18-13(21)8-2-12(20)19(6-8)11-4-9(16)3-10(17)5-11/h3-5,8,24H,2,6-7H2,1H3,(H,18,21)(H,22,23). The van der Waals surface area contributed by atoms with Crippen molar-refractivity contribution in [2.75, 3.05) is 18.0 Å². The number of benzene rings is 1. The molecular weight excluding hydrogens is 359 g/mol. The van der Waals surface area contributed by atoms with Gasteiger partial charge in [-0.1, -0.05) is 23.2 Å². The molecule has 7 nitrogen and oxygen atoms in total. The van der Waals surface area contributed by atoms with Gasteiger partial charge in [0.15, 0.2) is 5.60 Å². The van der Waals surface area contributed by atoms with Gasteiger partial charge in [0.1, 0.15) is 0 Å². The molecule has 1 aliphatic rings. The Hall–Kier alpha value is -1.83. The van der Waals surface area contributed by atoms with Crippen molar-refractivity contribution in [3.05, 3.63) is 28.2 Å². The van der Waals surface area contributed by atoms with Crippen LogP contribution in [0, 0.1) is 5.92 Å². The van der Waals surface area contributed by atoms with Gasteiger partial charge in [-0.15, -0.1) is 0 Å². The number of hydrogen-bond acceptors (Lipinski definition) is 4. The third kappa shape index (κ3) is 4.17. The molecule has 9 heteroatoms. The Morgan fingerprint density at radius 1 is 1.33 bits per heavy atom. The van der Waals surface area contributed by atoms with Crippen LogP contribution < -0.4 is 10.2 Å². The molecule has 1 aromatic rings. The number of amides is 2. The summed E-state index contributed by atoms with van der Waals surface area (Å²) in [5, 5.41) is 21.5. The van der Waals surface area contributed by atoms with Crippen molar-refractivity contribution in [3.63, 3.8) is 0 Å². The second-order valence-corrected chi connectivity index (χ2v) is 6.70. The lowest BCUT2D eigenvalue weighted by Crippen LogP contribution is -2.48. The summed E-state index contributed by atoms with van der Waals surface area (Å²) in [7, 11) is 0. The van der Waals surface area contributed by atoms with E-state index in [4.69, 9.17) is 28.3 Å². The van der Waals surface area contributed by atoms with Crippen molar-refractivity contribution in [1.82, 2.24) is 5.32 Å². The number of carboxylic acids is 1. The summed E-state index contributed by atoms with van der Waals surface area (Å²) >= 11 is 11.8. The second-order valence-electron chi connectivity index (χ2n) is 5.83. The number of nitrogens with zero attached hydrogens (tertiary/aromatic N) is 1. The number of aliphatic hydroxyl groups is 1. The fourth-order valence-electron chi connectivity index (χ4n) is 2.31. The molecule has 2 rings (SSSR count). The van der Waals surface area contributed by atoms with Gasteiger partial charge >= 0.3 is 5.97 Å². The number of carboxylic acid groups (broad SMARTS) is 1. The molecule has 2 unspecified atom stereocenters. The molecule has 1 saturated heterocycles. The molecule has 2 amide bonds. The van der Waals surface area contributed by atoms with E-state index in [-0.39, 0.29) is 18.9 Å². The summed E-state index contributed by atoms with van der Waals surface area (Å²) in [6.07, 6.45) is -0.0226. The van der Waals surface area contributed by atoms with Crippen molar-refractivity contribution in [2.24, 2.45) is 5.92 Å². The summed E-state index contributed by atoms with van der Waals surface area (Å²) in [6, 6.07) is 4.67. The number of carbonyl (C=O) groups excluding carboxylic acids is 2. The molecule has 1 aromatic carbocycles. The molecule has 1 heterocycles. The van der Waals surface area contributed by atoms with Gasteiger partial charge in [0.05, 0.1) is 12.5 Å². The molecule has 0 saturated carbocycles. The average Bonchev–Trinajstić information content (AvgIpc) is 2.85. The first-order valence-corrected chi connectivity index (χ1v) is 7.85. The fraction of sp³-hybridized carbons (Fsp3) is 0.400. The average molecular weight is 375 g/mol. The first-order valence-electron chi connectivity index (χ1n) is 7.10. The number of halogens is 2. The topological polar surface area (TPSA) is 107 Å². The Morgan fingerprint density at radius 3 is 2.46 bits per heavy atom. The summed E-state index contributed by atoms with van der Waals surface area (Å²) in [6.45, 7) is 0.751. The predicted octanol–water partition coefficient (Wildman–Crippen LogP) is 1.30. The largest absolute Gasteiger partial charge is 0.479 e. The third-order valence-electron chi connectivity index (χ3n) is 3.72. The van der Waals surface area contributed by atoms with Crippen LogP contribution in [-0.4, -0.2) is 46.7 Å². The van der Waals surface area contributed by atoms with Gasteiger partial charge in [-0.25, -0.2) is 4.79 Å². The monoisotopic (exact) mass is 374 g/mol. The fourth-order valence-corrected chi connectivity index (χ4v) is 2.82. The van der Waals surface area contributed by atoms with E-state index < -0.39 is 29.9 Å². The number of rotatable bonds is 5. The normalized spacial score (nSPS) is 19.9. The van der Waals surface area contributed by atoms with Gasteiger partial charge in [-0.05, 0) is 25.1 Å². The zero-order valence-corrected chi connectivity index (χ0v) is 14.3. The molecule has 0 aliphatic carbocycles. The highest BCUT2D eigenvalue weighted by atomic mass is 35.5. The quantitative estimate of drug-likeness (QED) is 0.719. The maximum atomic E-state index is 12.1. The molecule has 24 heavy (non-hydrogen) atoms. The van der Waals surface area contributed by atoms with Crippen molar-refractivity contribution in [2.45, 2.75) is 18.9 Å². The summed E-state index contributed by atoms with van der Waals surface area (Å²) in [5.74, 6) is -2.86. The lowest BCUT2D eigenvalue weighted by Gasteiger charge is -2.20. The zero-order chi connectivity index (χ0) is 18.1. The molecule has 1 fully saturated rings. The maximum absolute atomic E-state index is 12.1. The first kappa shape index (κ1) is 18.5. The number of aliphatic carboxylic acids is 1. The lowest BCUT2D eigenvalue weighted by atomic mass is 10.1. The van der Waals surface area contributed by atoms with E-state index in [0.717, 1.165) is 6.92 Å². The number of nitrogens with one attached hydrogen (secondary N) is 1. The highest BCUT2D eigenvalue weighted by Crippen LogP contribution is 2.30. The van der Waals surface area contributed by atoms with Gasteiger partial charge in [0.25, 0.3) is 0 Å². The molecule has 0 aromatic heterocycles. The van der Waals surface area contributed by atoms with Crippen LogP contribution in [0.15, 0.2) is 18.2 Å². The number of anilines is 1. The first-order chi connectivity index (χ1) is 11.1. The van der Waals surface area contributed by atoms with E-state index in [1.165, 1.54) is 11.0 Å². The van der Waals surface area contributed by atoms with Crippen LogP contribution in [0.2, 0.25) is 10.0 Å². The Labute approximate surface area is 148 Å². The van der Waals surface area contributed by atoms with Crippen LogP contribution in [0.4, 0.5) is 5.69 Å². The van der Waals surface area contributed by atoms with Crippen LogP contribution in [0.5, 0.6) is 0 Å². The minimum atomic E-state index is -2.07. The number of hydrogen-bond donors (Lipinski definition) is 3. The van der Waals surface area contributed by atoms with Crippen LogP contribution >= 0.6 is 23.2 Å². The number of carbonyl (C=O) groups is 3. The zero-order valence-electron chi connectivity index (χ0n) is 12.8. The molecule has 0 spiro atoms. The summed E-state index contributed by atoms with van der Waals surface area (Å²) in [5.41, 5.74) is -1.58. The predicted molar refractivity (Wildman–Crippen MR) is 88.2 cm³/mol. The lowest BCUT2D eigenvalue weighted by molar-refractivity contribution is -0.156. The van der Waals surface area contributed by atoms with Gasteiger partial charge in [0.2, 0.25) is 11.8 Å². The van der Waals surface area contributed by atoms with Crippen LogP contribution in [-0.2, 0) is 14.4 Å². The summed E-state index contributed by atoms with van der Waals surface area (Å²) < 4.78 is 0. The summed E-state index contributed by atoms with van der Waals surface area (Å²) in [4.78, 5) is 36.5. The van der Waals surface area contributed by atoms with Gasteiger partial charge in [0, 0.05) is 28.7 Å². The molecule has 3 N–H and O–H groups in total. The van der Waals surface area contributed by atoms with E-state index in [1.54, 1.807) is 12.1 Å². The van der Waals surface area contributed by atoms with Crippen LogP contribution in [0.3, 0.4) is 0 Å². The van der Waals surface area contributed by atoms with E-state index in [1.807, 2.05) is 0 Å². The maximum Gasteiger partial charge on any atom is 0.337 e. The van der Waals surface area contributed by atoms with E-state index in [2.05, 4.69) is 5.32 Å². The Kier molecular flexibility index (Phi) is 5.37. The SMILES string of the molecule is CC(O)(CNC(=O)C1CC(=O)N(c2cc(Cl)cc(Cl)c2)C1)C(=O)O. The Bertz CT molecular complexity index is 672. The minimum Gasteiger partial charge on any atom is -0.479 e. The van der Waals surface area contributed by atoms with E-state index >= 15 is 0 Å². The van der Waals surface area contributed by atoms with Crippen molar-refractivity contribution < 1.29 is 24.6 Å². The Morgan fingerprint density at radius 2 is 1.92 bits per heavy atom. The van der Waals surface area contributed by atoms with Gasteiger partial charge < -0.3 is 20.4 Å². The van der Waals surface area contributed by atoms with E-state index in [0.29, 0.717) is 15.7 Å². The molecule has 0 bridgehead atoms. The van der Waals surface area contributed by atoms with Crippen LogP contribution in [0.1, 0.15) is 13.3 Å². The molecule has 2 atom stereocenters. The van der Waals surface area contributed by atoms with Crippen molar-refractivity contribution in [3.8, 4) is 0 Å². The van der Waals surface area contributed by atoms with Crippen molar-refractivity contribution >= 4 is 46.7 Å². The molecule has 0 radical (unpaired) electrons. The van der Waals surface area contributed by atoms with Crippen molar-refractivity contribution in [1.29, 1.82) is 0 Å². The van der Waals surface area contributed by atoms with E-state index in [9.17, 15) is 19.5 Å². The molecular formula is C15H16Cl2N2O5. The smallest absolute Gasteiger partial charge is 0.337 e. The third-order valence-corrected chi connectivity index (χ3v) is 4.16. The van der Waals surface area contributed by atoms with Gasteiger partial charge in [-0.3, -0.25) is 9.59 Å². The second kappa shape index (κ2) is 6.96.